The first-order valence-electron chi connectivity index (χ1n) is 20.0. The lowest BCUT2D eigenvalue weighted by Crippen LogP contribution is -2.43. The third kappa shape index (κ3) is 9.62. The molecular formula is C45H56N4O6. The van der Waals surface area contributed by atoms with Gasteiger partial charge >= 0.3 is 0 Å². The van der Waals surface area contributed by atoms with Gasteiger partial charge in [-0.3, -0.25) is 10.1 Å². The van der Waals surface area contributed by atoms with Gasteiger partial charge in [-0.05, 0) is 78.6 Å². The van der Waals surface area contributed by atoms with Crippen molar-refractivity contribution in [3.05, 3.63) is 113 Å². The molecule has 1 unspecified atom stereocenters. The van der Waals surface area contributed by atoms with E-state index in [1.807, 2.05) is 35.2 Å². The molecule has 55 heavy (non-hydrogen) atoms. The van der Waals surface area contributed by atoms with E-state index in [1.165, 1.54) is 0 Å². The van der Waals surface area contributed by atoms with Crippen molar-refractivity contribution < 1.29 is 29.2 Å². The Balaban J connectivity index is 1.33. The number of carbonyl (C=O) groups is 1. The molecule has 10 nitrogen and oxygen atoms in total. The molecule has 4 atom stereocenters. The number of unbranched alkanes of at least 4 members (excludes halogenated alkanes) is 2. The van der Waals surface area contributed by atoms with Crippen LogP contribution in [0.3, 0.4) is 0 Å². The lowest BCUT2D eigenvalue weighted by atomic mass is 9.86. The number of aryl methyl sites for hydroxylation is 1. The number of likely N-dealkylation sites (tertiary alicyclic amines) is 1. The maximum Gasteiger partial charge on any atom is 0.223 e. The van der Waals surface area contributed by atoms with E-state index in [1.54, 1.807) is 13.2 Å². The number of aromatic hydroxyl groups is 1. The van der Waals surface area contributed by atoms with Gasteiger partial charge in [0.1, 0.15) is 12.4 Å². The monoisotopic (exact) mass is 748 g/mol. The van der Waals surface area contributed by atoms with Gasteiger partial charge < -0.3 is 39.2 Å². The summed E-state index contributed by atoms with van der Waals surface area (Å²) in [4.78, 5) is 15.5. The Morgan fingerprint density at radius 1 is 1.05 bits per heavy atom. The second kappa shape index (κ2) is 18.3. The molecule has 0 radical (unpaired) electrons. The van der Waals surface area contributed by atoms with Crippen molar-refractivity contribution in [2.24, 2.45) is 0 Å². The Morgan fingerprint density at radius 3 is 2.69 bits per heavy atom. The average molecular weight is 749 g/mol. The van der Waals surface area contributed by atoms with Crippen molar-refractivity contribution in [3.8, 4) is 11.5 Å². The second-order valence-electron chi connectivity index (χ2n) is 15.2. The number of carbonyl (C=O) groups excluding carboxylic acids is 1. The number of aliphatic hydroxyl groups excluding tert-OH is 1. The number of ether oxygens (including phenoxy) is 3. The number of phenolic OH excluding ortho intramolecular Hbond substituents is 1. The van der Waals surface area contributed by atoms with Crippen LogP contribution in [0.15, 0.2) is 90.8 Å². The summed E-state index contributed by atoms with van der Waals surface area (Å²) in [5.74, 6) is 1.35. The highest BCUT2D eigenvalue weighted by Crippen LogP contribution is 2.36. The van der Waals surface area contributed by atoms with E-state index in [-0.39, 0.29) is 36.5 Å². The van der Waals surface area contributed by atoms with Crippen LogP contribution in [0, 0.1) is 0 Å². The molecule has 4 N–H and O–H groups in total. The summed E-state index contributed by atoms with van der Waals surface area (Å²) in [6.45, 7) is 4.78. The minimum Gasteiger partial charge on any atom is -0.504 e. The lowest BCUT2D eigenvalue weighted by Gasteiger charge is -2.32. The smallest absolute Gasteiger partial charge is 0.223 e. The van der Waals surface area contributed by atoms with Crippen LogP contribution in [0.1, 0.15) is 86.5 Å². The van der Waals surface area contributed by atoms with Crippen molar-refractivity contribution in [1.29, 1.82) is 0 Å². The Kier molecular flexibility index (Phi) is 12.9. The number of aromatic nitrogens is 1. The number of fused-ring (bicyclic) bond motifs is 4. The number of aliphatic hydroxyl groups is 1. The summed E-state index contributed by atoms with van der Waals surface area (Å²) >= 11 is 0. The maximum absolute atomic E-state index is 13.5. The Bertz CT molecular complexity index is 1970. The van der Waals surface area contributed by atoms with Gasteiger partial charge in [-0.1, -0.05) is 74.7 Å². The highest BCUT2D eigenvalue weighted by atomic mass is 16.5. The number of nitrogens with zero attached hydrogens (tertiary/aromatic N) is 2. The van der Waals surface area contributed by atoms with E-state index in [9.17, 15) is 15.0 Å². The Morgan fingerprint density at radius 2 is 1.91 bits per heavy atom. The Labute approximate surface area is 324 Å². The molecule has 3 aliphatic heterocycles. The Hall–Kier alpha value is -4.61. The number of hydrogen-bond acceptors (Lipinski definition) is 8. The molecule has 0 saturated carbocycles. The van der Waals surface area contributed by atoms with E-state index in [0.717, 1.165) is 89.6 Å². The fraction of sp³-hybridized carbons (Fsp3) is 0.444. The number of dihydropyridines is 1. The van der Waals surface area contributed by atoms with Crippen LogP contribution >= 0.6 is 0 Å². The zero-order chi connectivity index (χ0) is 38.1. The predicted octanol–water partition coefficient (Wildman–Crippen LogP) is 7.19. The summed E-state index contributed by atoms with van der Waals surface area (Å²) < 4.78 is 20.6. The third-order valence-electron chi connectivity index (χ3n) is 11.2. The van der Waals surface area contributed by atoms with Gasteiger partial charge in [0.15, 0.2) is 11.5 Å². The molecular weight excluding hydrogens is 693 g/mol. The van der Waals surface area contributed by atoms with Crippen molar-refractivity contribution in [3.63, 3.8) is 0 Å². The summed E-state index contributed by atoms with van der Waals surface area (Å²) in [6, 6.07) is 20.1. The van der Waals surface area contributed by atoms with E-state index in [4.69, 9.17) is 14.2 Å². The zero-order valence-corrected chi connectivity index (χ0v) is 32.2. The third-order valence-corrected chi connectivity index (χ3v) is 11.2. The van der Waals surface area contributed by atoms with E-state index in [0.29, 0.717) is 44.8 Å². The van der Waals surface area contributed by atoms with Crippen LogP contribution in [0.5, 0.6) is 11.5 Å². The van der Waals surface area contributed by atoms with Crippen LogP contribution in [0.2, 0.25) is 0 Å². The normalized spacial score (nSPS) is 20.9. The lowest BCUT2D eigenvalue weighted by molar-refractivity contribution is -0.134. The first-order valence-corrected chi connectivity index (χ1v) is 20.0. The molecule has 1 aromatic heterocycles. The number of rotatable bonds is 11. The molecule has 4 bridgehead atoms. The molecule has 3 aliphatic rings. The fourth-order valence-corrected chi connectivity index (χ4v) is 7.85. The minimum absolute atomic E-state index is 0.0676. The molecule has 0 aliphatic carbocycles. The number of benzene rings is 3. The quantitative estimate of drug-likeness (QED) is 0.0942. The molecule has 1 amide bonds. The summed E-state index contributed by atoms with van der Waals surface area (Å²) in [5, 5.41) is 31.2. The van der Waals surface area contributed by atoms with Crippen LogP contribution in [0.4, 0.5) is 0 Å². The van der Waals surface area contributed by atoms with Crippen LogP contribution in [0.25, 0.3) is 16.6 Å². The summed E-state index contributed by atoms with van der Waals surface area (Å²) in [6.07, 6.45) is 15.0. The van der Waals surface area contributed by atoms with Gasteiger partial charge in [0.25, 0.3) is 0 Å². The van der Waals surface area contributed by atoms with Gasteiger partial charge in [0.2, 0.25) is 5.91 Å². The molecule has 292 valence electrons. The molecule has 0 spiro atoms. The standard InChI is InChI=1S/C45H56N4O6/c1-3-4-6-12-38-24-37(50)16-13-31-14-17-41(51)42(21-31)55-29-36-23-34(39(32-10-7-5-8-11-32)25-44(52)48-19-9-20-48)22-35-26-49(27-40(35)36)45-33(28-54-38)15-18-43(47-45)46-30-53-2/h5,7-8,10-11,14-15,17-18,21-23,26-27,37-39,43,46-47,50-51H,3-4,6,9,12-13,16,19-20,24-25,28-30H2,1-2H3/t37-,38+,39-,43?/m1/s1. The molecule has 10 heteroatoms. The molecule has 3 aromatic carbocycles. The highest BCUT2D eigenvalue weighted by molar-refractivity contribution is 5.88. The van der Waals surface area contributed by atoms with Gasteiger partial charge in [-0.2, -0.15) is 0 Å². The predicted molar refractivity (Wildman–Crippen MR) is 216 cm³/mol. The number of amides is 1. The van der Waals surface area contributed by atoms with Crippen LogP contribution in [-0.4, -0.2) is 77.5 Å². The summed E-state index contributed by atoms with van der Waals surface area (Å²) in [7, 11) is 1.66. The van der Waals surface area contributed by atoms with Gasteiger partial charge in [0.05, 0.1) is 31.7 Å². The van der Waals surface area contributed by atoms with Crippen molar-refractivity contribution in [2.45, 2.75) is 95.6 Å². The zero-order valence-electron chi connectivity index (χ0n) is 32.2. The van der Waals surface area contributed by atoms with Crippen molar-refractivity contribution >= 4 is 22.5 Å². The van der Waals surface area contributed by atoms with E-state index < -0.39 is 6.10 Å². The van der Waals surface area contributed by atoms with E-state index in [2.05, 4.69) is 70.9 Å². The molecule has 7 rings (SSSR count). The van der Waals surface area contributed by atoms with Crippen LogP contribution in [-0.2, 0) is 27.3 Å². The topological polar surface area (TPSA) is 117 Å². The first-order chi connectivity index (χ1) is 26.9. The fourth-order valence-electron chi connectivity index (χ4n) is 7.85. The second-order valence-corrected chi connectivity index (χ2v) is 15.2. The number of methoxy groups -OCH3 is 1. The molecule has 4 heterocycles. The van der Waals surface area contributed by atoms with Gasteiger partial charge in [-0.25, -0.2) is 0 Å². The molecule has 1 fully saturated rings. The van der Waals surface area contributed by atoms with Gasteiger partial charge in [0, 0.05) is 61.3 Å². The SMILES string of the molecule is CCCCC[C@H]1C[C@H](O)CCc2ccc(O)c(c2)OCc2cc([C@H](CC(=O)N3CCC3)c3ccccc3)cc3cn(cc23)C2=C(C=CC(NCOC)N2)CO1. The number of nitrogens with one attached hydrogen (secondary N) is 2. The minimum atomic E-state index is -0.534. The first kappa shape index (κ1) is 38.7. The van der Waals surface area contributed by atoms with Crippen molar-refractivity contribution in [1.82, 2.24) is 20.1 Å². The molecule has 4 aromatic rings. The largest absolute Gasteiger partial charge is 0.504 e. The van der Waals surface area contributed by atoms with E-state index >= 15 is 0 Å². The highest BCUT2D eigenvalue weighted by Gasteiger charge is 2.27. The summed E-state index contributed by atoms with van der Waals surface area (Å²) in [5.41, 5.74) is 5.04. The van der Waals surface area contributed by atoms with Crippen molar-refractivity contribution in [2.75, 3.05) is 33.5 Å². The van der Waals surface area contributed by atoms with Crippen LogP contribution < -0.4 is 15.4 Å². The average Bonchev–Trinajstić information content (AvgIpc) is 3.61. The maximum atomic E-state index is 13.5. The number of phenols is 1. The molecule has 1 saturated heterocycles. The van der Waals surface area contributed by atoms with Gasteiger partial charge in [-0.15, -0.1) is 0 Å². The number of hydrogen-bond donors (Lipinski definition) is 4.